The van der Waals surface area contributed by atoms with E-state index in [4.69, 9.17) is 16.0 Å². The molecule has 3 rings (SSSR count). The van der Waals surface area contributed by atoms with E-state index in [9.17, 15) is 0 Å². The first-order valence-electron chi connectivity index (χ1n) is 5.89. The average molecular weight is 337 g/mol. The molecular weight excluding hydrogens is 326 g/mol. The van der Waals surface area contributed by atoms with Crippen molar-refractivity contribution in [2.45, 2.75) is 6.54 Å². The molecular formula is C15H11BrClNO. The molecule has 0 radical (unpaired) electrons. The van der Waals surface area contributed by atoms with Gasteiger partial charge >= 0.3 is 0 Å². The molecule has 19 heavy (non-hydrogen) atoms. The van der Waals surface area contributed by atoms with Gasteiger partial charge in [0.1, 0.15) is 11.3 Å². The van der Waals surface area contributed by atoms with Crippen LogP contribution in [0.3, 0.4) is 0 Å². The van der Waals surface area contributed by atoms with E-state index in [2.05, 4.69) is 21.2 Å². The Morgan fingerprint density at radius 2 is 1.95 bits per heavy atom. The van der Waals surface area contributed by atoms with Gasteiger partial charge in [-0.2, -0.15) is 0 Å². The molecule has 0 fully saturated rings. The van der Waals surface area contributed by atoms with E-state index >= 15 is 0 Å². The molecule has 0 saturated heterocycles. The van der Waals surface area contributed by atoms with Crippen molar-refractivity contribution in [3.63, 3.8) is 0 Å². The second-order valence-electron chi connectivity index (χ2n) is 4.23. The predicted molar refractivity (Wildman–Crippen MR) is 82.7 cm³/mol. The highest BCUT2D eigenvalue weighted by molar-refractivity contribution is 9.10. The summed E-state index contributed by atoms with van der Waals surface area (Å²) in [6.45, 7) is 0.632. The standard InChI is InChI=1S/C15H11BrClNO/c16-13-6-5-11(8-14(13)17)18-9-12-7-10-3-1-2-4-15(10)19-12/h1-8,18H,9H2. The van der Waals surface area contributed by atoms with E-state index in [0.29, 0.717) is 11.6 Å². The molecule has 0 aliphatic carbocycles. The van der Waals surface area contributed by atoms with Crippen molar-refractivity contribution in [2.75, 3.05) is 5.32 Å². The van der Waals surface area contributed by atoms with Crippen molar-refractivity contribution in [1.29, 1.82) is 0 Å². The number of rotatable bonds is 3. The van der Waals surface area contributed by atoms with Crippen LogP contribution >= 0.6 is 27.5 Å². The fourth-order valence-electron chi connectivity index (χ4n) is 1.92. The molecule has 2 nitrogen and oxygen atoms in total. The highest BCUT2D eigenvalue weighted by atomic mass is 79.9. The van der Waals surface area contributed by atoms with Gasteiger partial charge in [-0.25, -0.2) is 0 Å². The lowest BCUT2D eigenvalue weighted by atomic mass is 10.2. The molecule has 0 amide bonds. The molecule has 0 aliphatic heterocycles. The Hall–Kier alpha value is -1.45. The van der Waals surface area contributed by atoms with Crippen LogP contribution < -0.4 is 5.32 Å². The molecule has 0 atom stereocenters. The van der Waals surface area contributed by atoms with Crippen LogP contribution in [0.1, 0.15) is 5.76 Å². The smallest absolute Gasteiger partial charge is 0.134 e. The first kappa shape index (κ1) is 12.6. The quantitative estimate of drug-likeness (QED) is 0.687. The third kappa shape index (κ3) is 2.77. The summed E-state index contributed by atoms with van der Waals surface area (Å²) in [5.41, 5.74) is 1.88. The van der Waals surface area contributed by atoms with E-state index < -0.39 is 0 Å². The van der Waals surface area contributed by atoms with Gasteiger partial charge in [-0.15, -0.1) is 0 Å². The summed E-state index contributed by atoms with van der Waals surface area (Å²) in [5.74, 6) is 0.903. The van der Waals surface area contributed by atoms with Crippen molar-refractivity contribution in [2.24, 2.45) is 0 Å². The van der Waals surface area contributed by atoms with Crippen LogP contribution in [0.2, 0.25) is 5.02 Å². The van der Waals surface area contributed by atoms with Gasteiger partial charge in [-0.3, -0.25) is 0 Å². The van der Waals surface area contributed by atoms with Gasteiger partial charge in [0, 0.05) is 15.5 Å². The van der Waals surface area contributed by atoms with Crippen molar-refractivity contribution in [3.05, 3.63) is 63.8 Å². The van der Waals surface area contributed by atoms with Crippen LogP contribution in [-0.4, -0.2) is 0 Å². The number of furan rings is 1. The molecule has 0 aliphatic rings. The zero-order valence-corrected chi connectivity index (χ0v) is 12.3. The Labute approximate surface area is 124 Å². The second kappa shape index (κ2) is 5.27. The molecule has 3 aromatic rings. The summed E-state index contributed by atoms with van der Waals surface area (Å²) in [6, 6.07) is 15.8. The highest BCUT2D eigenvalue weighted by Gasteiger charge is 2.03. The number of hydrogen-bond acceptors (Lipinski definition) is 2. The summed E-state index contributed by atoms with van der Waals surface area (Å²) < 4.78 is 6.63. The highest BCUT2D eigenvalue weighted by Crippen LogP contribution is 2.26. The summed E-state index contributed by atoms with van der Waals surface area (Å²) in [4.78, 5) is 0. The van der Waals surface area contributed by atoms with E-state index in [1.165, 1.54) is 0 Å². The van der Waals surface area contributed by atoms with Crippen molar-refractivity contribution >= 4 is 44.2 Å². The first-order valence-corrected chi connectivity index (χ1v) is 7.06. The first-order chi connectivity index (χ1) is 9.22. The maximum Gasteiger partial charge on any atom is 0.134 e. The van der Waals surface area contributed by atoms with E-state index in [1.54, 1.807) is 0 Å². The topological polar surface area (TPSA) is 25.2 Å². The lowest BCUT2D eigenvalue weighted by molar-refractivity contribution is 0.559. The molecule has 1 heterocycles. The molecule has 0 spiro atoms. The SMILES string of the molecule is Clc1cc(NCc2cc3ccccc3o2)ccc1Br. The van der Waals surface area contributed by atoms with Crippen LogP contribution in [0, 0.1) is 0 Å². The predicted octanol–water partition coefficient (Wildman–Crippen LogP) is 5.46. The average Bonchev–Trinajstić information content (AvgIpc) is 2.83. The summed E-state index contributed by atoms with van der Waals surface area (Å²) in [6.07, 6.45) is 0. The third-order valence-electron chi connectivity index (χ3n) is 2.86. The van der Waals surface area contributed by atoms with Gasteiger partial charge in [0.15, 0.2) is 0 Å². The Morgan fingerprint density at radius 3 is 2.74 bits per heavy atom. The zero-order valence-electron chi connectivity index (χ0n) is 9.99. The van der Waals surface area contributed by atoms with E-state index in [0.717, 1.165) is 26.9 Å². The summed E-state index contributed by atoms with van der Waals surface area (Å²) >= 11 is 9.42. The molecule has 1 aromatic heterocycles. The van der Waals surface area contributed by atoms with E-state index in [1.807, 2.05) is 48.5 Å². The number of para-hydroxylation sites is 1. The minimum atomic E-state index is 0.632. The van der Waals surface area contributed by atoms with Crippen LogP contribution in [0.5, 0.6) is 0 Å². The molecule has 1 N–H and O–H groups in total. The monoisotopic (exact) mass is 335 g/mol. The van der Waals surface area contributed by atoms with Gasteiger partial charge < -0.3 is 9.73 Å². The van der Waals surface area contributed by atoms with Gasteiger partial charge in [0.25, 0.3) is 0 Å². The van der Waals surface area contributed by atoms with Crippen LogP contribution in [-0.2, 0) is 6.54 Å². The van der Waals surface area contributed by atoms with Gasteiger partial charge in [0.2, 0.25) is 0 Å². The molecule has 0 saturated carbocycles. The Balaban J connectivity index is 1.76. The Morgan fingerprint density at radius 1 is 1.11 bits per heavy atom. The van der Waals surface area contributed by atoms with Crippen molar-refractivity contribution in [1.82, 2.24) is 0 Å². The van der Waals surface area contributed by atoms with Crippen LogP contribution in [0.25, 0.3) is 11.0 Å². The van der Waals surface area contributed by atoms with Gasteiger partial charge in [-0.1, -0.05) is 29.8 Å². The third-order valence-corrected chi connectivity index (χ3v) is 4.10. The van der Waals surface area contributed by atoms with Crippen LogP contribution in [0.15, 0.2) is 57.4 Å². The van der Waals surface area contributed by atoms with E-state index in [-0.39, 0.29) is 0 Å². The maximum absolute atomic E-state index is 6.05. The largest absolute Gasteiger partial charge is 0.459 e. The summed E-state index contributed by atoms with van der Waals surface area (Å²) in [5, 5.41) is 5.10. The lowest BCUT2D eigenvalue weighted by Gasteiger charge is -2.05. The fourth-order valence-corrected chi connectivity index (χ4v) is 2.35. The minimum Gasteiger partial charge on any atom is -0.459 e. The number of nitrogens with one attached hydrogen (secondary N) is 1. The second-order valence-corrected chi connectivity index (χ2v) is 5.49. The molecule has 96 valence electrons. The zero-order chi connectivity index (χ0) is 13.2. The minimum absolute atomic E-state index is 0.632. The molecule has 4 heteroatoms. The lowest BCUT2D eigenvalue weighted by Crippen LogP contribution is -1.97. The van der Waals surface area contributed by atoms with Crippen LogP contribution in [0.4, 0.5) is 5.69 Å². The van der Waals surface area contributed by atoms with Crippen molar-refractivity contribution < 1.29 is 4.42 Å². The number of fused-ring (bicyclic) bond motifs is 1. The Kier molecular flexibility index (Phi) is 3.49. The molecule has 0 bridgehead atoms. The maximum atomic E-state index is 6.05. The van der Waals surface area contributed by atoms with Gasteiger partial charge in [0.05, 0.1) is 11.6 Å². The van der Waals surface area contributed by atoms with Gasteiger partial charge in [-0.05, 0) is 46.3 Å². The van der Waals surface area contributed by atoms with Crippen molar-refractivity contribution in [3.8, 4) is 0 Å². The number of hydrogen-bond donors (Lipinski definition) is 1. The normalized spacial score (nSPS) is 10.8. The fraction of sp³-hybridized carbons (Fsp3) is 0.0667. The summed E-state index contributed by atoms with van der Waals surface area (Å²) in [7, 11) is 0. The molecule has 0 unspecified atom stereocenters. The number of benzene rings is 2. The molecule has 2 aromatic carbocycles. The number of halogens is 2. The number of anilines is 1. The Bertz CT molecular complexity index is 690.